The third-order valence-corrected chi connectivity index (χ3v) is 5.04. The molecule has 1 N–H and O–H groups in total. The number of amides is 1. The summed E-state index contributed by atoms with van der Waals surface area (Å²) in [5, 5.41) is 6.37. The van der Waals surface area contributed by atoms with Crippen molar-refractivity contribution in [3.8, 4) is 0 Å². The monoisotopic (exact) mass is 354 g/mol. The van der Waals surface area contributed by atoms with E-state index in [1.807, 2.05) is 31.2 Å². The lowest BCUT2D eigenvalue weighted by Gasteiger charge is -2.14. The summed E-state index contributed by atoms with van der Waals surface area (Å²) >= 11 is 5.03. The maximum absolute atomic E-state index is 12.2. The number of anilines is 1. The molecule has 0 fully saturated rings. The van der Waals surface area contributed by atoms with Gasteiger partial charge >= 0.3 is 0 Å². The minimum absolute atomic E-state index is 0.0680. The maximum atomic E-state index is 12.2. The van der Waals surface area contributed by atoms with Crippen LogP contribution in [-0.4, -0.2) is 16.3 Å². The zero-order chi connectivity index (χ0) is 14.5. The number of nitrogens with one attached hydrogen (secondary N) is 1. The quantitative estimate of drug-likeness (QED) is 0.815. The van der Waals surface area contributed by atoms with Crippen LogP contribution < -0.4 is 5.32 Å². The number of hydrogen-bond donors (Lipinski definition) is 1. The van der Waals surface area contributed by atoms with Crippen LogP contribution in [0.5, 0.6) is 0 Å². The predicted octanol–water partition coefficient (Wildman–Crippen LogP) is 4.25. The van der Waals surface area contributed by atoms with Gasteiger partial charge in [-0.05, 0) is 41.4 Å². The Morgan fingerprint density at radius 2 is 2.25 bits per heavy atom. The van der Waals surface area contributed by atoms with Gasteiger partial charge in [-0.25, -0.2) is 0 Å². The molecule has 0 radical (unpaired) electrons. The van der Waals surface area contributed by atoms with Gasteiger partial charge in [0.1, 0.15) is 5.76 Å². The number of benzene rings is 1. The fourth-order valence-corrected chi connectivity index (χ4v) is 3.19. The van der Waals surface area contributed by atoms with Gasteiger partial charge in [0.15, 0.2) is 5.82 Å². The van der Waals surface area contributed by atoms with Crippen molar-refractivity contribution in [1.82, 2.24) is 5.16 Å². The summed E-state index contributed by atoms with van der Waals surface area (Å²) < 4.78 is 5.93. The van der Waals surface area contributed by atoms with E-state index in [4.69, 9.17) is 4.52 Å². The Balaban J connectivity index is 2.04. The van der Waals surface area contributed by atoms with Gasteiger partial charge in [-0.1, -0.05) is 24.2 Å². The van der Waals surface area contributed by atoms with Crippen LogP contribution in [0.3, 0.4) is 0 Å². The topological polar surface area (TPSA) is 55.1 Å². The Labute approximate surface area is 130 Å². The van der Waals surface area contributed by atoms with E-state index in [9.17, 15) is 4.79 Å². The molecule has 0 saturated carbocycles. The van der Waals surface area contributed by atoms with E-state index in [1.165, 1.54) is 11.8 Å². The summed E-state index contributed by atoms with van der Waals surface area (Å²) in [5.74, 6) is 1.06. The van der Waals surface area contributed by atoms with Crippen molar-refractivity contribution in [3.05, 3.63) is 40.6 Å². The van der Waals surface area contributed by atoms with Crippen molar-refractivity contribution in [2.24, 2.45) is 0 Å². The fourth-order valence-electron chi connectivity index (χ4n) is 1.65. The second kappa shape index (κ2) is 6.95. The molecule has 4 nitrogen and oxygen atoms in total. The maximum Gasteiger partial charge on any atom is 0.239 e. The molecule has 0 saturated heterocycles. The lowest BCUT2D eigenvalue weighted by molar-refractivity contribution is -0.115. The molecule has 1 amide bonds. The standard InChI is InChI=1S/C14H15BrN2O2S/c1-3-11(20-12-7-5-4-6-10(12)15)14(18)16-13-8-9(2)19-17-13/h4-8,11H,3H2,1-2H3,(H,16,17,18). The molecular formula is C14H15BrN2O2S. The molecule has 20 heavy (non-hydrogen) atoms. The highest BCUT2D eigenvalue weighted by Gasteiger charge is 2.20. The second-order valence-electron chi connectivity index (χ2n) is 4.26. The van der Waals surface area contributed by atoms with Crippen molar-refractivity contribution in [2.45, 2.75) is 30.4 Å². The van der Waals surface area contributed by atoms with E-state index < -0.39 is 0 Å². The molecule has 0 aliphatic heterocycles. The predicted molar refractivity (Wildman–Crippen MR) is 83.9 cm³/mol. The molecule has 1 aromatic carbocycles. The minimum atomic E-state index is -0.175. The van der Waals surface area contributed by atoms with Gasteiger partial charge in [0.25, 0.3) is 0 Å². The molecule has 2 rings (SSSR count). The molecule has 6 heteroatoms. The van der Waals surface area contributed by atoms with Crippen molar-refractivity contribution in [3.63, 3.8) is 0 Å². The minimum Gasteiger partial charge on any atom is -0.360 e. The van der Waals surface area contributed by atoms with Gasteiger partial charge in [-0.3, -0.25) is 4.79 Å². The first-order valence-electron chi connectivity index (χ1n) is 6.25. The lowest BCUT2D eigenvalue weighted by Crippen LogP contribution is -2.24. The van der Waals surface area contributed by atoms with Crippen LogP contribution in [0.25, 0.3) is 0 Å². The summed E-state index contributed by atoms with van der Waals surface area (Å²) in [7, 11) is 0. The average molecular weight is 355 g/mol. The first-order valence-corrected chi connectivity index (χ1v) is 7.92. The second-order valence-corrected chi connectivity index (χ2v) is 6.36. The van der Waals surface area contributed by atoms with Gasteiger partial charge in [0, 0.05) is 15.4 Å². The molecule has 0 bridgehead atoms. The van der Waals surface area contributed by atoms with E-state index >= 15 is 0 Å². The van der Waals surface area contributed by atoms with Crippen LogP contribution in [0.1, 0.15) is 19.1 Å². The summed E-state index contributed by atoms with van der Waals surface area (Å²) in [4.78, 5) is 13.3. The van der Waals surface area contributed by atoms with Gasteiger partial charge in [-0.2, -0.15) is 0 Å². The number of carbonyl (C=O) groups is 1. The van der Waals surface area contributed by atoms with E-state index in [-0.39, 0.29) is 11.2 Å². The molecule has 106 valence electrons. The fraction of sp³-hybridized carbons (Fsp3) is 0.286. The normalized spacial score (nSPS) is 12.2. The zero-order valence-corrected chi connectivity index (χ0v) is 13.6. The molecule has 1 atom stereocenters. The Kier molecular flexibility index (Phi) is 5.25. The van der Waals surface area contributed by atoms with E-state index in [0.717, 1.165) is 15.8 Å². The van der Waals surface area contributed by atoms with E-state index in [2.05, 4.69) is 26.4 Å². The number of thioether (sulfide) groups is 1. The molecule has 0 aliphatic rings. The van der Waals surface area contributed by atoms with Gasteiger partial charge in [0.05, 0.1) is 5.25 Å². The number of aromatic nitrogens is 1. The highest BCUT2D eigenvalue weighted by molar-refractivity contribution is 9.10. The average Bonchev–Trinajstić information content (AvgIpc) is 2.83. The third kappa shape index (κ3) is 3.86. The summed E-state index contributed by atoms with van der Waals surface area (Å²) in [6.45, 7) is 3.78. The molecular weight excluding hydrogens is 340 g/mol. The van der Waals surface area contributed by atoms with Crippen LogP contribution in [0.15, 0.2) is 44.2 Å². The van der Waals surface area contributed by atoms with Crippen LogP contribution in [-0.2, 0) is 4.79 Å². The molecule has 0 spiro atoms. The molecule has 2 aromatic rings. The van der Waals surface area contributed by atoms with Crippen LogP contribution >= 0.6 is 27.7 Å². The number of hydrogen-bond acceptors (Lipinski definition) is 4. The Hall–Kier alpha value is -1.27. The number of nitrogens with zero attached hydrogens (tertiary/aromatic N) is 1. The Morgan fingerprint density at radius 3 is 2.85 bits per heavy atom. The summed E-state index contributed by atoms with van der Waals surface area (Å²) in [6.07, 6.45) is 0.731. The van der Waals surface area contributed by atoms with Gasteiger partial charge < -0.3 is 9.84 Å². The molecule has 1 heterocycles. The summed E-state index contributed by atoms with van der Waals surface area (Å²) in [6, 6.07) is 9.57. The highest BCUT2D eigenvalue weighted by atomic mass is 79.9. The molecule has 0 aliphatic carbocycles. The van der Waals surface area contributed by atoms with E-state index in [0.29, 0.717) is 11.6 Å². The van der Waals surface area contributed by atoms with Crippen molar-refractivity contribution in [1.29, 1.82) is 0 Å². The lowest BCUT2D eigenvalue weighted by atomic mass is 10.3. The summed E-state index contributed by atoms with van der Waals surface area (Å²) in [5.41, 5.74) is 0. The van der Waals surface area contributed by atoms with Crippen LogP contribution in [0.4, 0.5) is 5.82 Å². The molecule has 1 unspecified atom stereocenters. The number of rotatable bonds is 5. The van der Waals surface area contributed by atoms with Gasteiger partial charge in [0.2, 0.25) is 5.91 Å². The first-order chi connectivity index (χ1) is 9.60. The van der Waals surface area contributed by atoms with Crippen molar-refractivity contribution >= 4 is 39.4 Å². The largest absolute Gasteiger partial charge is 0.360 e. The Bertz CT molecular complexity index is 600. The van der Waals surface area contributed by atoms with Gasteiger partial charge in [-0.15, -0.1) is 11.8 Å². The number of halogens is 1. The number of aryl methyl sites for hydroxylation is 1. The molecule has 1 aromatic heterocycles. The number of carbonyl (C=O) groups excluding carboxylic acids is 1. The Morgan fingerprint density at radius 1 is 1.50 bits per heavy atom. The first kappa shape index (κ1) is 15.1. The highest BCUT2D eigenvalue weighted by Crippen LogP contribution is 2.32. The van der Waals surface area contributed by atoms with Crippen LogP contribution in [0, 0.1) is 6.92 Å². The SMILES string of the molecule is CCC(Sc1ccccc1Br)C(=O)Nc1cc(C)on1. The zero-order valence-electron chi connectivity index (χ0n) is 11.2. The third-order valence-electron chi connectivity index (χ3n) is 2.65. The van der Waals surface area contributed by atoms with E-state index in [1.54, 1.807) is 13.0 Å². The smallest absolute Gasteiger partial charge is 0.239 e. The van der Waals surface area contributed by atoms with Crippen molar-refractivity contribution in [2.75, 3.05) is 5.32 Å². The van der Waals surface area contributed by atoms with Crippen molar-refractivity contribution < 1.29 is 9.32 Å². The van der Waals surface area contributed by atoms with Crippen LogP contribution in [0.2, 0.25) is 0 Å².